The number of nitrogens with one attached hydrogen (secondary N) is 1. The zero-order valence-corrected chi connectivity index (χ0v) is 7.76. The van der Waals surface area contributed by atoms with Crippen molar-refractivity contribution in [2.45, 2.75) is 26.4 Å². The molecule has 3 nitrogen and oxygen atoms in total. The smallest absolute Gasteiger partial charge is 0.0823 e. The Morgan fingerprint density at radius 3 is 2.67 bits per heavy atom. The van der Waals surface area contributed by atoms with E-state index >= 15 is 0 Å². The first-order valence-electron chi connectivity index (χ1n) is 4.38. The summed E-state index contributed by atoms with van der Waals surface area (Å²) in [5.41, 5.74) is -0.239. The normalized spacial score (nSPS) is 18.4. The Morgan fingerprint density at radius 2 is 2.25 bits per heavy atom. The van der Waals surface area contributed by atoms with E-state index in [2.05, 4.69) is 11.4 Å². The largest absolute Gasteiger partial charge is 0.376 e. The summed E-state index contributed by atoms with van der Waals surface area (Å²) < 4.78 is 5.50. The number of ether oxygens (including phenoxy) is 1. The molecule has 1 aliphatic rings. The standard InChI is InChI=1S/C9H16N2O/c1-9(2,7-10)3-4-12-8-5-11-6-8/h8,11H,3-6H2,1-2H3. The van der Waals surface area contributed by atoms with Gasteiger partial charge in [0.25, 0.3) is 0 Å². The van der Waals surface area contributed by atoms with Gasteiger partial charge in [-0.2, -0.15) is 5.26 Å². The number of hydrogen-bond donors (Lipinski definition) is 1. The minimum atomic E-state index is -0.239. The maximum Gasteiger partial charge on any atom is 0.0823 e. The third-order valence-electron chi connectivity index (χ3n) is 2.13. The van der Waals surface area contributed by atoms with E-state index < -0.39 is 0 Å². The molecule has 0 saturated carbocycles. The third kappa shape index (κ3) is 2.80. The predicted octanol–water partition coefficient (Wildman–Crippen LogP) is 0.915. The number of nitriles is 1. The quantitative estimate of drug-likeness (QED) is 0.678. The minimum absolute atomic E-state index is 0.239. The lowest BCUT2D eigenvalue weighted by Gasteiger charge is -2.28. The molecule has 0 aromatic rings. The summed E-state index contributed by atoms with van der Waals surface area (Å²) in [7, 11) is 0. The van der Waals surface area contributed by atoms with Crippen molar-refractivity contribution in [2.24, 2.45) is 5.41 Å². The van der Waals surface area contributed by atoms with Crippen molar-refractivity contribution in [1.82, 2.24) is 5.32 Å². The van der Waals surface area contributed by atoms with Crippen molar-refractivity contribution in [3.8, 4) is 6.07 Å². The molecule has 0 aliphatic carbocycles. The van der Waals surface area contributed by atoms with Crippen LogP contribution in [0.3, 0.4) is 0 Å². The first-order valence-corrected chi connectivity index (χ1v) is 4.38. The maximum absolute atomic E-state index is 8.71. The summed E-state index contributed by atoms with van der Waals surface area (Å²) in [5.74, 6) is 0. The highest BCUT2D eigenvalue weighted by atomic mass is 16.5. The molecule has 1 rings (SSSR count). The molecule has 0 amide bonds. The molecule has 0 aromatic heterocycles. The zero-order chi connectivity index (χ0) is 9.03. The molecule has 0 bridgehead atoms. The molecule has 3 heteroatoms. The van der Waals surface area contributed by atoms with E-state index in [0.29, 0.717) is 12.7 Å². The SMILES string of the molecule is CC(C)(C#N)CCOC1CNC1. The van der Waals surface area contributed by atoms with Gasteiger partial charge in [0.1, 0.15) is 0 Å². The molecule has 0 radical (unpaired) electrons. The van der Waals surface area contributed by atoms with Crippen LogP contribution in [0.4, 0.5) is 0 Å². The average Bonchev–Trinajstić information content (AvgIpc) is 1.95. The van der Waals surface area contributed by atoms with Crippen molar-refractivity contribution in [2.75, 3.05) is 19.7 Å². The summed E-state index contributed by atoms with van der Waals surface area (Å²) in [4.78, 5) is 0. The summed E-state index contributed by atoms with van der Waals surface area (Å²) >= 11 is 0. The van der Waals surface area contributed by atoms with Crippen LogP contribution >= 0.6 is 0 Å². The van der Waals surface area contributed by atoms with Crippen LogP contribution in [0.15, 0.2) is 0 Å². The van der Waals surface area contributed by atoms with Crippen molar-refractivity contribution >= 4 is 0 Å². The van der Waals surface area contributed by atoms with E-state index in [1.807, 2.05) is 13.8 Å². The van der Waals surface area contributed by atoms with Crippen molar-refractivity contribution in [1.29, 1.82) is 5.26 Å². The highest BCUT2D eigenvalue weighted by Gasteiger charge is 2.20. The molecular formula is C9H16N2O. The maximum atomic E-state index is 8.71. The van der Waals surface area contributed by atoms with Gasteiger partial charge in [0.2, 0.25) is 0 Å². The molecule has 0 spiro atoms. The molecular weight excluding hydrogens is 152 g/mol. The van der Waals surface area contributed by atoms with Crippen LogP contribution in [0.25, 0.3) is 0 Å². The topological polar surface area (TPSA) is 45.0 Å². The predicted molar refractivity (Wildman–Crippen MR) is 46.6 cm³/mol. The van der Waals surface area contributed by atoms with E-state index in [9.17, 15) is 0 Å². The van der Waals surface area contributed by atoms with E-state index in [0.717, 1.165) is 19.5 Å². The van der Waals surface area contributed by atoms with Crippen LogP contribution in [0.5, 0.6) is 0 Å². The minimum Gasteiger partial charge on any atom is -0.376 e. The van der Waals surface area contributed by atoms with Crippen molar-refractivity contribution < 1.29 is 4.74 Å². The summed E-state index contributed by atoms with van der Waals surface area (Å²) in [6, 6.07) is 2.26. The fourth-order valence-corrected chi connectivity index (χ4v) is 0.917. The zero-order valence-electron chi connectivity index (χ0n) is 7.76. The van der Waals surface area contributed by atoms with Crippen LogP contribution in [0.2, 0.25) is 0 Å². The second-order valence-electron chi connectivity index (χ2n) is 3.90. The number of rotatable bonds is 4. The molecule has 12 heavy (non-hydrogen) atoms. The number of hydrogen-bond acceptors (Lipinski definition) is 3. The fourth-order valence-electron chi connectivity index (χ4n) is 0.917. The highest BCUT2D eigenvalue weighted by molar-refractivity contribution is 4.91. The fraction of sp³-hybridized carbons (Fsp3) is 0.889. The molecule has 0 aromatic carbocycles. The molecule has 0 unspecified atom stereocenters. The van der Waals surface area contributed by atoms with Gasteiger partial charge in [0.05, 0.1) is 17.6 Å². The molecule has 0 atom stereocenters. The van der Waals surface area contributed by atoms with Gasteiger partial charge in [-0.1, -0.05) is 0 Å². The lowest BCUT2D eigenvalue weighted by atomic mass is 9.92. The van der Waals surface area contributed by atoms with Gasteiger partial charge in [-0.3, -0.25) is 0 Å². The van der Waals surface area contributed by atoms with Crippen molar-refractivity contribution in [3.05, 3.63) is 0 Å². The first-order chi connectivity index (χ1) is 5.64. The van der Waals surface area contributed by atoms with Crippen LogP contribution in [-0.4, -0.2) is 25.8 Å². The first kappa shape index (κ1) is 9.50. The lowest BCUT2D eigenvalue weighted by molar-refractivity contribution is 0.00993. The van der Waals surface area contributed by atoms with Gasteiger partial charge in [0, 0.05) is 19.7 Å². The molecule has 1 heterocycles. The van der Waals surface area contributed by atoms with Gasteiger partial charge in [-0.05, 0) is 20.3 Å². The Balaban J connectivity index is 2.05. The Bertz CT molecular complexity index is 179. The van der Waals surface area contributed by atoms with Crippen LogP contribution < -0.4 is 5.32 Å². The lowest BCUT2D eigenvalue weighted by Crippen LogP contribution is -2.48. The van der Waals surface area contributed by atoms with Gasteiger partial charge >= 0.3 is 0 Å². The summed E-state index contributed by atoms with van der Waals surface area (Å²) in [6.45, 7) is 6.51. The number of nitrogens with zero attached hydrogens (tertiary/aromatic N) is 1. The van der Waals surface area contributed by atoms with E-state index in [1.54, 1.807) is 0 Å². The van der Waals surface area contributed by atoms with Crippen LogP contribution in [0.1, 0.15) is 20.3 Å². The molecule has 68 valence electrons. The monoisotopic (exact) mass is 168 g/mol. The van der Waals surface area contributed by atoms with Gasteiger partial charge in [-0.15, -0.1) is 0 Å². The molecule has 1 aliphatic heterocycles. The highest BCUT2D eigenvalue weighted by Crippen LogP contribution is 2.18. The van der Waals surface area contributed by atoms with E-state index in [-0.39, 0.29) is 5.41 Å². The summed E-state index contributed by atoms with van der Waals surface area (Å²) in [6.07, 6.45) is 1.21. The third-order valence-corrected chi connectivity index (χ3v) is 2.13. The van der Waals surface area contributed by atoms with Crippen LogP contribution in [-0.2, 0) is 4.74 Å². The van der Waals surface area contributed by atoms with E-state index in [4.69, 9.17) is 10.00 Å². The van der Waals surface area contributed by atoms with Crippen LogP contribution in [0, 0.1) is 16.7 Å². The second-order valence-corrected chi connectivity index (χ2v) is 3.90. The van der Waals surface area contributed by atoms with Crippen molar-refractivity contribution in [3.63, 3.8) is 0 Å². The van der Waals surface area contributed by atoms with Gasteiger partial charge in [-0.25, -0.2) is 0 Å². The summed E-state index contributed by atoms with van der Waals surface area (Å²) in [5, 5.41) is 11.8. The van der Waals surface area contributed by atoms with Gasteiger partial charge < -0.3 is 10.1 Å². The average molecular weight is 168 g/mol. The Kier molecular flexibility index (Phi) is 3.07. The molecule has 1 saturated heterocycles. The molecule has 1 N–H and O–H groups in total. The molecule has 1 fully saturated rings. The van der Waals surface area contributed by atoms with Gasteiger partial charge in [0.15, 0.2) is 0 Å². The Hall–Kier alpha value is -0.590. The second kappa shape index (κ2) is 3.88. The Labute approximate surface area is 73.7 Å². The van der Waals surface area contributed by atoms with E-state index in [1.165, 1.54) is 0 Å². The Morgan fingerprint density at radius 1 is 1.58 bits per heavy atom.